The van der Waals surface area contributed by atoms with Gasteiger partial charge in [0, 0.05) is 35.5 Å². The van der Waals surface area contributed by atoms with Crippen LogP contribution in [0.5, 0.6) is 0 Å². The lowest BCUT2D eigenvalue weighted by Crippen LogP contribution is -2.27. The Morgan fingerprint density at radius 3 is 2.60 bits per heavy atom. The number of hydrogen-bond donors (Lipinski definition) is 0. The standard InChI is InChI=1S/C20H22N2S.C2H6/c1-14-5-6-17-18(12-14)23-13-16-4-3-9-21-20(16)19(17)15-7-10-22(2)11-8-15;1-2/h3-6,9,12H,7-8,10-11,13H2,1-2H3;1-2H3. The summed E-state index contributed by atoms with van der Waals surface area (Å²) in [6.07, 6.45) is 4.25. The first-order valence-electron chi connectivity index (χ1n) is 9.31. The van der Waals surface area contributed by atoms with Gasteiger partial charge in [-0.25, -0.2) is 0 Å². The van der Waals surface area contributed by atoms with Gasteiger partial charge in [0.05, 0.1) is 5.69 Å². The molecule has 0 saturated carbocycles. The molecule has 1 aromatic heterocycles. The van der Waals surface area contributed by atoms with Crippen molar-refractivity contribution in [2.75, 3.05) is 20.1 Å². The van der Waals surface area contributed by atoms with Crippen molar-refractivity contribution in [1.29, 1.82) is 0 Å². The number of benzene rings is 1. The molecular weight excluding hydrogens is 324 g/mol. The molecule has 25 heavy (non-hydrogen) atoms. The van der Waals surface area contributed by atoms with E-state index >= 15 is 0 Å². The minimum atomic E-state index is 1.01. The molecule has 0 N–H and O–H groups in total. The molecule has 0 atom stereocenters. The molecule has 2 aliphatic heterocycles. The van der Waals surface area contributed by atoms with E-state index < -0.39 is 0 Å². The number of thioether (sulfide) groups is 1. The summed E-state index contributed by atoms with van der Waals surface area (Å²) < 4.78 is 0. The smallest absolute Gasteiger partial charge is 0.0748 e. The number of piperidine rings is 1. The van der Waals surface area contributed by atoms with Crippen LogP contribution < -0.4 is 0 Å². The van der Waals surface area contributed by atoms with Crippen LogP contribution in [0, 0.1) is 6.92 Å². The van der Waals surface area contributed by atoms with Gasteiger partial charge in [0.15, 0.2) is 0 Å². The van der Waals surface area contributed by atoms with Crippen molar-refractivity contribution in [1.82, 2.24) is 9.88 Å². The van der Waals surface area contributed by atoms with Crippen molar-refractivity contribution in [3.8, 4) is 0 Å². The first-order valence-corrected chi connectivity index (χ1v) is 10.3. The second kappa shape index (κ2) is 8.20. The zero-order valence-corrected chi connectivity index (χ0v) is 16.6. The zero-order valence-electron chi connectivity index (χ0n) is 15.8. The molecule has 4 rings (SSSR count). The fraction of sp³-hybridized carbons (Fsp3) is 0.409. The molecule has 1 aromatic carbocycles. The minimum absolute atomic E-state index is 1.01. The lowest BCUT2D eigenvalue weighted by Gasteiger charge is -2.27. The number of fused-ring (bicyclic) bond motifs is 2. The zero-order chi connectivity index (χ0) is 17.8. The lowest BCUT2D eigenvalue weighted by molar-refractivity contribution is 0.313. The Hall–Kier alpha value is -1.58. The van der Waals surface area contributed by atoms with Gasteiger partial charge in [-0.2, -0.15) is 0 Å². The summed E-state index contributed by atoms with van der Waals surface area (Å²) in [5.41, 5.74) is 8.29. The Kier molecular flexibility index (Phi) is 5.98. The van der Waals surface area contributed by atoms with Crippen molar-refractivity contribution in [2.24, 2.45) is 0 Å². The molecule has 0 spiro atoms. The number of hydrogen-bond acceptors (Lipinski definition) is 3. The third-order valence-electron chi connectivity index (χ3n) is 4.86. The van der Waals surface area contributed by atoms with Crippen LogP contribution in [0.15, 0.2) is 47.0 Å². The van der Waals surface area contributed by atoms with Crippen molar-refractivity contribution in [3.05, 3.63) is 64.5 Å². The normalized spacial score (nSPS) is 17.1. The highest BCUT2D eigenvalue weighted by Gasteiger charge is 2.24. The van der Waals surface area contributed by atoms with E-state index in [9.17, 15) is 0 Å². The van der Waals surface area contributed by atoms with Crippen LogP contribution in [0.1, 0.15) is 49.1 Å². The van der Waals surface area contributed by atoms with E-state index in [1.54, 1.807) is 5.57 Å². The molecule has 0 aliphatic carbocycles. The largest absolute Gasteiger partial charge is 0.306 e. The molecule has 1 saturated heterocycles. The Morgan fingerprint density at radius 1 is 1.08 bits per heavy atom. The molecule has 3 heteroatoms. The van der Waals surface area contributed by atoms with Crippen molar-refractivity contribution in [2.45, 2.75) is 44.3 Å². The van der Waals surface area contributed by atoms with Crippen molar-refractivity contribution < 1.29 is 0 Å². The van der Waals surface area contributed by atoms with Gasteiger partial charge in [0.1, 0.15) is 0 Å². The third kappa shape index (κ3) is 3.83. The number of nitrogens with zero attached hydrogens (tertiary/aromatic N) is 2. The predicted molar refractivity (Wildman–Crippen MR) is 109 cm³/mol. The topological polar surface area (TPSA) is 16.1 Å². The molecule has 0 radical (unpaired) electrons. The summed E-state index contributed by atoms with van der Waals surface area (Å²) >= 11 is 1.95. The number of rotatable bonds is 0. The van der Waals surface area contributed by atoms with Gasteiger partial charge in [0.2, 0.25) is 0 Å². The fourth-order valence-electron chi connectivity index (χ4n) is 3.52. The molecule has 2 aliphatic rings. The minimum Gasteiger partial charge on any atom is -0.306 e. The van der Waals surface area contributed by atoms with Crippen LogP contribution in [-0.2, 0) is 5.75 Å². The molecule has 2 nitrogen and oxygen atoms in total. The monoisotopic (exact) mass is 352 g/mol. The van der Waals surface area contributed by atoms with E-state index in [0.717, 1.165) is 31.7 Å². The van der Waals surface area contributed by atoms with E-state index in [4.69, 9.17) is 4.98 Å². The molecule has 132 valence electrons. The maximum Gasteiger partial charge on any atom is 0.0748 e. The lowest BCUT2D eigenvalue weighted by atomic mass is 9.89. The second-order valence-corrected chi connectivity index (χ2v) is 7.60. The molecule has 3 heterocycles. The highest BCUT2D eigenvalue weighted by atomic mass is 32.2. The Labute approximate surface area is 156 Å². The molecule has 0 bridgehead atoms. The van der Waals surface area contributed by atoms with Gasteiger partial charge in [-0.15, -0.1) is 11.8 Å². The maximum atomic E-state index is 4.79. The summed E-state index contributed by atoms with van der Waals surface area (Å²) in [6.45, 7) is 8.48. The van der Waals surface area contributed by atoms with Crippen LogP contribution in [0.25, 0.3) is 5.57 Å². The molecule has 1 fully saturated rings. The highest BCUT2D eigenvalue weighted by molar-refractivity contribution is 7.98. The van der Waals surface area contributed by atoms with Gasteiger partial charge in [0.25, 0.3) is 0 Å². The Bertz CT molecular complexity index is 769. The summed E-state index contributed by atoms with van der Waals surface area (Å²) in [5.74, 6) is 1.01. The average Bonchev–Trinajstić information content (AvgIpc) is 2.81. The Balaban J connectivity index is 0.000000880. The van der Waals surface area contributed by atoms with Crippen LogP contribution in [-0.4, -0.2) is 30.0 Å². The van der Waals surface area contributed by atoms with E-state index in [0.29, 0.717) is 0 Å². The van der Waals surface area contributed by atoms with Gasteiger partial charge in [-0.05, 0) is 55.6 Å². The van der Waals surface area contributed by atoms with Gasteiger partial charge in [-0.3, -0.25) is 4.98 Å². The number of likely N-dealkylation sites (tertiary alicyclic amines) is 1. The van der Waals surface area contributed by atoms with Gasteiger partial charge < -0.3 is 4.90 Å². The summed E-state index contributed by atoms with van der Waals surface area (Å²) in [6, 6.07) is 11.2. The third-order valence-corrected chi connectivity index (χ3v) is 5.97. The van der Waals surface area contributed by atoms with Crippen molar-refractivity contribution >= 4 is 17.3 Å². The SMILES string of the molecule is CC.Cc1ccc2c(c1)SCc1cccnc1C2=C1CCN(C)CC1. The predicted octanol–water partition coefficient (Wildman–Crippen LogP) is 5.55. The molecular formula is C22H28N2S. The van der Waals surface area contributed by atoms with E-state index in [-0.39, 0.29) is 0 Å². The summed E-state index contributed by atoms with van der Waals surface area (Å²) in [7, 11) is 2.22. The number of pyridine rings is 1. The van der Waals surface area contributed by atoms with E-state index in [1.165, 1.54) is 32.9 Å². The van der Waals surface area contributed by atoms with Crippen LogP contribution in [0.3, 0.4) is 0 Å². The fourth-order valence-corrected chi connectivity index (χ4v) is 4.65. The molecule has 0 unspecified atom stereocenters. The van der Waals surface area contributed by atoms with E-state index in [1.807, 2.05) is 31.8 Å². The molecule has 2 aromatic rings. The van der Waals surface area contributed by atoms with E-state index in [2.05, 4.69) is 49.2 Å². The number of aromatic nitrogens is 1. The summed E-state index contributed by atoms with van der Waals surface area (Å²) in [5, 5.41) is 0. The molecule has 0 amide bonds. The van der Waals surface area contributed by atoms with Gasteiger partial charge >= 0.3 is 0 Å². The first kappa shape index (κ1) is 18.2. The number of aryl methyl sites for hydroxylation is 1. The second-order valence-electron chi connectivity index (χ2n) is 6.58. The summed E-state index contributed by atoms with van der Waals surface area (Å²) in [4.78, 5) is 8.62. The average molecular weight is 353 g/mol. The Morgan fingerprint density at radius 2 is 1.84 bits per heavy atom. The van der Waals surface area contributed by atoms with Crippen molar-refractivity contribution in [3.63, 3.8) is 0 Å². The van der Waals surface area contributed by atoms with Gasteiger partial charge in [-0.1, -0.05) is 37.6 Å². The first-order chi connectivity index (χ1) is 12.2. The van der Waals surface area contributed by atoms with Crippen LogP contribution >= 0.6 is 11.8 Å². The quantitative estimate of drug-likeness (QED) is 0.618. The highest BCUT2D eigenvalue weighted by Crippen LogP contribution is 2.42. The van der Waals surface area contributed by atoms with Crippen LogP contribution in [0.4, 0.5) is 0 Å². The maximum absolute atomic E-state index is 4.79. The van der Waals surface area contributed by atoms with Crippen LogP contribution in [0.2, 0.25) is 0 Å².